The van der Waals surface area contributed by atoms with Crippen LogP contribution in [0.25, 0.3) is 6.08 Å². The number of anilines is 1. The lowest BCUT2D eigenvalue weighted by Gasteiger charge is -2.12. The molecule has 1 aromatic carbocycles. The van der Waals surface area contributed by atoms with Gasteiger partial charge in [0.25, 0.3) is 11.1 Å². The van der Waals surface area contributed by atoms with E-state index in [1.807, 2.05) is 29.6 Å². The second-order valence-electron chi connectivity index (χ2n) is 5.38. The Morgan fingerprint density at radius 2 is 1.96 bits per heavy atom. The summed E-state index contributed by atoms with van der Waals surface area (Å²) < 4.78 is 0. The molecule has 1 fully saturated rings. The third-order valence-corrected chi connectivity index (χ3v) is 5.36. The maximum atomic E-state index is 12.4. The summed E-state index contributed by atoms with van der Waals surface area (Å²) in [6.07, 6.45) is 2.60. The Kier molecular flexibility index (Phi) is 5.35. The Balaban J connectivity index is 1.64. The molecule has 25 heavy (non-hydrogen) atoms. The van der Waals surface area contributed by atoms with Gasteiger partial charge in [-0.1, -0.05) is 25.1 Å². The Morgan fingerprint density at radius 3 is 2.60 bits per heavy atom. The van der Waals surface area contributed by atoms with E-state index < -0.39 is 17.1 Å². The Hall–Kier alpha value is -2.38. The highest BCUT2D eigenvalue weighted by Gasteiger charge is 2.36. The molecule has 0 atom stereocenters. The summed E-state index contributed by atoms with van der Waals surface area (Å²) in [5, 5.41) is 4.18. The first-order valence-electron chi connectivity index (χ1n) is 7.74. The van der Waals surface area contributed by atoms with E-state index in [9.17, 15) is 14.4 Å². The number of nitrogens with one attached hydrogen (secondary N) is 1. The van der Waals surface area contributed by atoms with E-state index in [4.69, 9.17) is 0 Å². The van der Waals surface area contributed by atoms with Crippen molar-refractivity contribution in [2.24, 2.45) is 0 Å². The van der Waals surface area contributed by atoms with Crippen LogP contribution in [0.15, 0.2) is 46.7 Å². The van der Waals surface area contributed by atoms with Crippen molar-refractivity contribution in [3.05, 3.63) is 57.1 Å². The van der Waals surface area contributed by atoms with Crippen LogP contribution in [0.5, 0.6) is 0 Å². The predicted molar refractivity (Wildman–Crippen MR) is 101 cm³/mol. The van der Waals surface area contributed by atoms with Crippen molar-refractivity contribution in [2.75, 3.05) is 11.9 Å². The molecular formula is C18H16N2O3S2. The third kappa shape index (κ3) is 4.18. The number of thioether (sulfide) groups is 1. The van der Waals surface area contributed by atoms with Crippen LogP contribution < -0.4 is 5.32 Å². The van der Waals surface area contributed by atoms with Crippen molar-refractivity contribution >= 4 is 51.9 Å². The molecule has 1 aliphatic rings. The van der Waals surface area contributed by atoms with Gasteiger partial charge in [-0.3, -0.25) is 19.3 Å². The highest BCUT2D eigenvalue weighted by molar-refractivity contribution is 8.18. The molecule has 0 unspecified atom stereocenters. The number of amides is 3. The second kappa shape index (κ2) is 7.67. The van der Waals surface area contributed by atoms with Crippen LogP contribution in [-0.2, 0) is 16.0 Å². The minimum atomic E-state index is -0.431. The number of hydrogen-bond donors (Lipinski definition) is 1. The topological polar surface area (TPSA) is 66.5 Å². The summed E-state index contributed by atoms with van der Waals surface area (Å²) >= 11 is 2.34. The second-order valence-corrected chi connectivity index (χ2v) is 7.35. The van der Waals surface area contributed by atoms with Gasteiger partial charge in [0.15, 0.2) is 0 Å². The van der Waals surface area contributed by atoms with Crippen LogP contribution in [0.3, 0.4) is 0 Å². The highest BCUT2D eigenvalue weighted by Crippen LogP contribution is 2.32. The van der Waals surface area contributed by atoms with Gasteiger partial charge in [-0.2, -0.15) is 0 Å². The number of imide groups is 1. The average molecular weight is 372 g/mol. The molecule has 2 heterocycles. The maximum Gasteiger partial charge on any atom is 0.294 e. The Bertz CT molecular complexity index is 827. The van der Waals surface area contributed by atoms with Crippen LogP contribution >= 0.6 is 23.1 Å². The van der Waals surface area contributed by atoms with E-state index in [-0.39, 0.29) is 6.54 Å². The zero-order chi connectivity index (χ0) is 17.8. The van der Waals surface area contributed by atoms with Gasteiger partial charge in [0.1, 0.15) is 6.54 Å². The molecule has 1 aliphatic heterocycles. The van der Waals surface area contributed by atoms with E-state index in [0.29, 0.717) is 10.6 Å². The number of thiophene rings is 1. The van der Waals surface area contributed by atoms with Crippen LogP contribution in [0.4, 0.5) is 10.5 Å². The number of aryl methyl sites for hydroxylation is 1. The molecule has 0 radical (unpaired) electrons. The normalized spacial score (nSPS) is 15.9. The van der Waals surface area contributed by atoms with Gasteiger partial charge >= 0.3 is 0 Å². The molecule has 0 bridgehead atoms. The highest BCUT2D eigenvalue weighted by atomic mass is 32.2. The molecule has 2 aromatic rings. The van der Waals surface area contributed by atoms with E-state index in [0.717, 1.165) is 28.0 Å². The van der Waals surface area contributed by atoms with Crippen molar-refractivity contribution in [1.29, 1.82) is 0 Å². The van der Waals surface area contributed by atoms with Crippen LogP contribution in [-0.4, -0.2) is 28.5 Å². The summed E-state index contributed by atoms with van der Waals surface area (Å²) in [4.78, 5) is 38.8. The van der Waals surface area contributed by atoms with E-state index >= 15 is 0 Å². The summed E-state index contributed by atoms with van der Waals surface area (Å²) in [6.45, 7) is 1.76. The summed E-state index contributed by atoms with van der Waals surface area (Å²) in [5.41, 5.74) is 1.81. The molecule has 0 aliphatic carbocycles. The van der Waals surface area contributed by atoms with Gasteiger partial charge in [-0.05, 0) is 53.4 Å². The number of carbonyl (C=O) groups is 3. The summed E-state index contributed by atoms with van der Waals surface area (Å²) in [7, 11) is 0. The van der Waals surface area contributed by atoms with Gasteiger partial charge in [0.05, 0.1) is 4.91 Å². The van der Waals surface area contributed by atoms with Crippen molar-refractivity contribution in [3.8, 4) is 0 Å². The quantitative estimate of drug-likeness (QED) is 0.806. The maximum absolute atomic E-state index is 12.4. The molecule has 1 aromatic heterocycles. The van der Waals surface area contributed by atoms with Crippen LogP contribution in [0.1, 0.15) is 17.4 Å². The minimum Gasteiger partial charge on any atom is -0.325 e. The fourth-order valence-electron chi connectivity index (χ4n) is 2.31. The van der Waals surface area contributed by atoms with Gasteiger partial charge in [0.2, 0.25) is 5.91 Å². The molecule has 7 heteroatoms. The lowest BCUT2D eigenvalue weighted by Crippen LogP contribution is -2.36. The molecule has 0 spiro atoms. The van der Waals surface area contributed by atoms with Gasteiger partial charge < -0.3 is 5.32 Å². The van der Waals surface area contributed by atoms with Crippen molar-refractivity contribution in [1.82, 2.24) is 4.90 Å². The van der Waals surface area contributed by atoms with E-state index in [1.165, 1.54) is 16.9 Å². The van der Waals surface area contributed by atoms with Crippen molar-refractivity contribution < 1.29 is 14.4 Å². The monoisotopic (exact) mass is 372 g/mol. The van der Waals surface area contributed by atoms with Gasteiger partial charge in [-0.25, -0.2) is 0 Å². The average Bonchev–Trinajstić information content (AvgIpc) is 3.20. The smallest absolute Gasteiger partial charge is 0.294 e. The predicted octanol–water partition coefficient (Wildman–Crippen LogP) is 3.99. The van der Waals surface area contributed by atoms with Crippen LogP contribution in [0, 0.1) is 0 Å². The number of rotatable bonds is 5. The number of hydrogen-bond acceptors (Lipinski definition) is 5. The zero-order valence-corrected chi connectivity index (χ0v) is 15.2. The molecule has 3 amide bonds. The summed E-state index contributed by atoms with van der Waals surface area (Å²) in [5.74, 6) is -0.830. The molecular weight excluding hydrogens is 356 g/mol. The lowest BCUT2D eigenvalue weighted by molar-refractivity contribution is -0.127. The first-order valence-corrected chi connectivity index (χ1v) is 9.44. The molecule has 1 N–H and O–H groups in total. The fourth-order valence-corrected chi connectivity index (χ4v) is 3.87. The third-order valence-electron chi connectivity index (χ3n) is 3.64. The Labute approximate surface area is 153 Å². The minimum absolute atomic E-state index is 0.290. The number of nitrogens with zero attached hydrogens (tertiary/aromatic N) is 1. The fraction of sp³-hybridized carbons (Fsp3) is 0.167. The number of benzene rings is 1. The van der Waals surface area contributed by atoms with Crippen molar-refractivity contribution in [3.63, 3.8) is 0 Å². The van der Waals surface area contributed by atoms with Gasteiger partial charge in [-0.15, -0.1) is 11.3 Å². The van der Waals surface area contributed by atoms with E-state index in [1.54, 1.807) is 18.2 Å². The lowest BCUT2D eigenvalue weighted by atomic mass is 10.1. The first-order chi connectivity index (χ1) is 12.1. The molecule has 5 nitrogen and oxygen atoms in total. The molecule has 0 saturated carbocycles. The summed E-state index contributed by atoms with van der Waals surface area (Å²) in [6, 6.07) is 11.2. The zero-order valence-electron chi connectivity index (χ0n) is 13.5. The first kappa shape index (κ1) is 17.4. The van der Waals surface area contributed by atoms with Crippen molar-refractivity contribution in [2.45, 2.75) is 13.3 Å². The van der Waals surface area contributed by atoms with Crippen LogP contribution in [0.2, 0.25) is 0 Å². The molecule has 1 saturated heterocycles. The standard InChI is InChI=1S/C18H16N2O3S2/c1-2-12-5-7-13(8-6-12)19-16(21)11-20-17(22)15(25-18(20)23)10-14-4-3-9-24-14/h3-10H,2,11H2,1H3,(H,19,21)/b15-10+. The Morgan fingerprint density at radius 1 is 1.20 bits per heavy atom. The SMILES string of the molecule is CCc1ccc(NC(=O)CN2C(=O)S/C(=C/c3cccs3)C2=O)cc1. The molecule has 128 valence electrons. The number of carbonyl (C=O) groups excluding carboxylic acids is 3. The van der Waals surface area contributed by atoms with Gasteiger partial charge in [0, 0.05) is 10.6 Å². The molecule has 3 rings (SSSR count). The van der Waals surface area contributed by atoms with E-state index in [2.05, 4.69) is 12.2 Å². The largest absolute Gasteiger partial charge is 0.325 e.